The van der Waals surface area contributed by atoms with Gasteiger partial charge in [-0.2, -0.15) is 0 Å². The molecule has 0 saturated carbocycles. The third kappa shape index (κ3) is 3.75. The van der Waals surface area contributed by atoms with E-state index in [0.717, 1.165) is 11.4 Å². The van der Waals surface area contributed by atoms with Crippen LogP contribution in [0.2, 0.25) is 0 Å². The number of ether oxygens (including phenoxy) is 1. The SMILES string of the molecule is COc1ccccc1C1=C(Nc2ccccc2)C(=O)N(c2ccc(N(C)C)cc2)C1=O. The second-order valence-corrected chi connectivity index (χ2v) is 7.30. The standard InChI is InChI=1S/C25H23N3O3/c1-27(2)18-13-15-19(16-14-18)28-24(29)22(20-11-7-8-12-21(20)31-3)23(25(28)30)26-17-9-5-4-6-10-17/h4-16,26H,1-3H3. The van der Waals surface area contributed by atoms with Crippen LogP contribution in [0.3, 0.4) is 0 Å². The zero-order chi connectivity index (χ0) is 22.0. The fraction of sp³-hybridized carbons (Fsp3) is 0.120. The highest BCUT2D eigenvalue weighted by Crippen LogP contribution is 2.37. The molecule has 1 heterocycles. The first kappa shape index (κ1) is 20.2. The largest absolute Gasteiger partial charge is 0.496 e. The van der Waals surface area contributed by atoms with Gasteiger partial charge in [0.25, 0.3) is 11.8 Å². The van der Waals surface area contributed by atoms with Crippen molar-refractivity contribution in [1.82, 2.24) is 0 Å². The summed E-state index contributed by atoms with van der Waals surface area (Å²) in [5, 5.41) is 3.15. The van der Waals surface area contributed by atoms with Gasteiger partial charge in [-0.15, -0.1) is 0 Å². The van der Waals surface area contributed by atoms with E-state index in [1.54, 1.807) is 31.4 Å². The van der Waals surface area contributed by atoms with Crippen LogP contribution in [-0.4, -0.2) is 33.0 Å². The van der Waals surface area contributed by atoms with Gasteiger partial charge in [0.2, 0.25) is 0 Å². The lowest BCUT2D eigenvalue weighted by atomic mass is 10.0. The van der Waals surface area contributed by atoms with Crippen LogP contribution in [0.5, 0.6) is 5.75 Å². The normalized spacial score (nSPS) is 13.6. The van der Waals surface area contributed by atoms with Crippen LogP contribution in [0.25, 0.3) is 5.57 Å². The first-order chi connectivity index (χ1) is 15.0. The van der Waals surface area contributed by atoms with E-state index in [4.69, 9.17) is 4.74 Å². The van der Waals surface area contributed by atoms with Crippen molar-refractivity contribution in [3.63, 3.8) is 0 Å². The predicted molar refractivity (Wildman–Crippen MR) is 123 cm³/mol. The topological polar surface area (TPSA) is 61.9 Å². The monoisotopic (exact) mass is 413 g/mol. The van der Waals surface area contributed by atoms with Crippen LogP contribution < -0.4 is 19.9 Å². The smallest absolute Gasteiger partial charge is 0.282 e. The van der Waals surface area contributed by atoms with Crippen LogP contribution in [0.15, 0.2) is 84.6 Å². The van der Waals surface area contributed by atoms with Gasteiger partial charge in [0.1, 0.15) is 11.4 Å². The van der Waals surface area contributed by atoms with E-state index < -0.39 is 11.8 Å². The number of para-hydroxylation sites is 2. The van der Waals surface area contributed by atoms with Crippen molar-refractivity contribution in [2.45, 2.75) is 0 Å². The number of methoxy groups -OCH3 is 1. The molecule has 0 spiro atoms. The van der Waals surface area contributed by atoms with Crippen molar-refractivity contribution in [2.75, 3.05) is 36.3 Å². The summed E-state index contributed by atoms with van der Waals surface area (Å²) in [6.07, 6.45) is 0. The number of nitrogens with zero attached hydrogens (tertiary/aromatic N) is 2. The summed E-state index contributed by atoms with van der Waals surface area (Å²) >= 11 is 0. The highest BCUT2D eigenvalue weighted by Gasteiger charge is 2.41. The number of hydrogen-bond donors (Lipinski definition) is 1. The van der Waals surface area contributed by atoms with Crippen molar-refractivity contribution in [3.05, 3.63) is 90.1 Å². The number of imide groups is 1. The predicted octanol–water partition coefficient (Wildman–Crippen LogP) is 4.16. The molecule has 1 aliphatic heterocycles. The van der Waals surface area contributed by atoms with Gasteiger partial charge in [-0.3, -0.25) is 9.59 Å². The summed E-state index contributed by atoms with van der Waals surface area (Å²) < 4.78 is 5.47. The Hall–Kier alpha value is -4.06. The first-order valence-corrected chi connectivity index (χ1v) is 9.87. The average Bonchev–Trinajstić information content (AvgIpc) is 3.03. The van der Waals surface area contributed by atoms with Gasteiger partial charge in [-0.05, 0) is 42.5 Å². The Bertz CT molecular complexity index is 1150. The van der Waals surface area contributed by atoms with Gasteiger partial charge < -0.3 is 15.0 Å². The van der Waals surface area contributed by atoms with E-state index in [1.165, 1.54) is 4.90 Å². The average molecular weight is 413 g/mol. The Morgan fingerprint density at radius 2 is 1.45 bits per heavy atom. The number of carbonyl (C=O) groups excluding carboxylic acids is 2. The summed E-state index contributed by atoms with van der Waals surface area (Å²) in [4.78, 5) is 30.2. The number of nitrogens with one attached hydrogen (secondary N) is 1. The Labute approximate surface area is 181 Å². The Kier molecular flexibility index (Phi) is 5.45. The molecular weight excluding hydrogens is 390 g/mol. The number of benzene rings is 3. The van der Waals surface area contributed by atoms with Crippen molar-refractivity contribution >= 4 is 34.4 Å². The molecule has 6 heteroatoms. The zero-order valence-corrected chi connectivity index (χ0v) is 17.6. The number of anilines is 3. The molecule has 4 rings (SSSR count). The number of hydrogen-bond acceptors (Lipinski definition) is 5. The maximum atomic E-state index is 13.5. The molecule has 0 aliphatic carbocycles. The fourth-order valence-corrected chi connectivity index (χ4v) is 3.55. The minimum absolute atomic E-state index is 0.220. The lowest BCUT2D eigenvalue weighted by molar-refractivity contribution is -0.120. The maximum absolute atomic E-state index is 13.5. The first-order valence-electron chi connectivity index (χ1n) is 9.87. The van der Waals surface area contributed by atoms with Gasteiger partial charge in [0.05, 0.1) is 18.4 Å². The molecule has 0 fully saturated rings. The molecule has 0 saturated heterocycles. The molecule has 1 N–H and O–H groups in total. The highest BCUT2D eigenvalue weighted by molar-refractivity contribution is 6.46. The van der Waals surface area contributed by atoms with Crippen LogP contribution in [0, 0.1) is 0 Å². The zero-order valence-electron chi connectivity index (χ0n) is 17.6. The molecule has 156 valence electrons. The van der Waals surface area contributed by atoms with Gasteiger partial charge >= 0.3 is 0 Å². The van der Waals surface area contributed by atoms with E-state index >= 15 is 0 Å². The molecule has 0 atom stereocenters. The lowest BCUT2D eigenvalue weighted by Crippen LogP contribution is -2.32. The third-order valence-electron chi connectivity index (χ3n) is 5.13. The minimum Gasteiger partial charge on any atom is -0.496 e. The summed E-state index contributed by atoms with van der Waals surface area (Å²) in [6.45, 7) is 0. The Balaban J connectivity index is 1.82. The van der Waals surface area contributed by atoms with Crippen molar-refractivity contribution in [1.29, 1.82) is 0 Å². The van der Waals surface area contributed by atoms with E-state index in [0.29, 0.717) is 17.0 Å². The Morgan fingerprint density at radius 3 is 2.10 bits per heavy atom. The third-order valence-corrected chi connectivity index (χ3v) is 5.13. The molecule has 0 bridgehead atoms. The number of amides is 2. The van der Waals surface area contributed by atoms with Gasteiger partial charge in [0, 0.05) is 31.0 Å². The van der Waals surface area contributed by atoms with Gasteiger partial charge in [-0.1, -0.05) is 36.4 Å². The molecule has 0 unspecified atom stereocenters. The molecular formula is C25H23N3O3. The van der Waals surface area contributed by atoms with Crippen LogP contribution in [0.1, 0.15) is 5.56 Å². The van der Waals surface area contributed by atoms with Gasteiger partial charge in [-0.25, -0.2) is 4.90 Å². The van der Waals surface area contributed by atoms with Gasteiger partial charge in [0.15, 0.2) is 0 Å². The molecule has 6 nitrogen and oxygen atoms in total. The molecule has 1 aliphatic rings. The molecule has 31 heavy (non-hydrogen) atoms. The minimum atomic E-state index is -0.410. The number of carbonyl (C=O) groups is 2. The Morgan fingerprint density at radius 1 is 0.806 bits per heavy atom. The van der Waals surface area contributed by atoms with Crippen molar-refractivity contribution in [3.8, 4) is 5.75 Å². The van der Waals surface area contributed by atoms with Crippen molar-refractivity contribution in [2.24, 2.45) is 0 Å². The second-order valence-electron chi connectivity index (χ2n) is 7.30. The highest BCUT2D eigenvalue weighted by atomic mass is 16.5. The van der Waals surface area contributed by atoms with Crippen LogP contribution in [0.4, 0.5) is 17.1 Å². The maximum Gasteiger partial charge on any atom is 0.282 e. The van der Waals surface area contributed by atoms with E-state index in [-0.39, 0.29) is 11.3 Å². The quantitative estimate of drug-likeness (QED) is 0.615. The molecule has 0 aromatic heterocycles. The van der Waals surface area contributed by atoms with Crippen LogP contribution in [-0.2, 0) is 9.59 Å². The molecule has 0 radical (unpaired) electrons. The number of rotatable bonds is 6. The van der Waals surface area contributed by atoms with E-state index in [1.807, 2.05) is 73.6 Å². The fourth-order valence-electron chi connectivity index (χ4n) is 3.55. The van der Waals surface area contributed by atoms with Crippen molar-refractivity contribution < 1.29 is 14.3 Å². The lowest BCUT2D eigenvalue weighted by Gasteiger charge is -2.18. The molecule has 3 aromatic carbocycles. The summed E-state index contributed by atoms with van der Waals surface area (Å²) in [5.41, 5.74) is 3.27. The van der Waals surface area contributed by atoms with Crippen LogP contribution >= 0.6 is 0 Å². The summed E-state index contributed by atoms with van der Waals surface area (Å²) in [7, 11) is 5.41. The molecule has 2 amide bonds. The van der Waals surface area contributed by atoms with E-state index in [9.17, 15) is 9.59 Å². The second kappa shape index (κ2) is 8.36. The van der Waals surface area contributed by atoms with E-state index in [2.05, 4.69) is 5.32 Å². The molecule has 3 aromatic rings. The summed E-state index contributed by atoms with van der Waals surface area (Å²) in [6, 6.07) is 23.8. The summed E-state index contributed by atoms with van der Waals surface area (Å²) in [5.74, 6) is -0.284.